The molecular weight excluding hydrogens is 485 g/mol. The zero-order valence-corrected chi connectivity index (χ0v) is 17.2. The Kier molecular flexibility index (Phi) is 4.85. The summed E-state index contributed by atoms with van der Waals surface area (Å²) in [5.74, 6) is 0.539. The summed E-state index contributed by atoms with van der Waals surface area (Å²) >= 11 is 8.68. The highest BCUT2D eigenvalue weighted by molar-refractivity contribution is 14.2. The molecule has 0 atom stereocenters. The number of anilines is 1. The maximum absolute atomic E-state index is 12.2. The average molecular weight is 498 g/mol. The second-order valence-corrected chi connectivity index (χ2v) is 7.94. The molecule has 26 heavy (non-hydrogen) atoms. The topological polar surface area (TPSA) is 58.2 Å². The van der Waals surface area contributed by atoms with Gasteiger partial charge in [0.2, 0.25) is 0 Å². The zero-order chi connectivity index (χ0) is 18.3. The van der Waals surface area contributed by atoms with Crippen molar-refractivity contribution in [3.05, 3.63) is 48.1 Å². The summed E-state index contributed by atoms with van der Waals surface area (Å²) in [6.07, 6.45) is 3.00. The number of benzene rings is 1. The summed E-state index contributed by atoms with van der Waals surface area (Å²) in [7, 11) is 1.56. The van der Waals surface area contributed by atoms with Crippen LogP contribution in [0.5, 0.6) is 5.75 Å². The van der Waals surface area contributed by atoms with Gasteiger partial charge >= 0.3 is 0 Å². The second kappa shape index (κ2) is 7.13. The van der Waals surface area contributed by atoms with Gasteiger partial charge in [-0.05, 0) is 38.8 Å². The van der Waals surface area contributed by atoms with E-state index in [1.807, 2.05) is 18.2 Å². The average Bonchev–Trinajstić information content (AvgIpc) is 3.06. The molecule has 1 aromatic carbocycles. The van der Waals surface area contributed by atoms with Gasteiger partial charge in [0.25, 0.3) is 5.91 Å². The largest absolute Gasteiger partial charge is 0.490 e. The van der Waals surface area contributed by atoms with E-state index in [0.717, 1.165) is 32.9 Å². The van der Waals surface area contributed by atoms with E-state index in [4.69, 9.17) is 16.3 Å². The number of carbonyl (C=O) groups is 1. The lowest BCUT2D eigenvalue weighted by Gasteiger charge is -2.29. The molecule has 0 spiro atoms. The Morgan fingerprint density at radius 1 is 1.46 bits per heavy atom. The number of carbonyl (C=O) groups excluding carboxylic acids is 1. The van der Waals surface area contributed by atoms with Crippen molar-refractivity contribution in [2.75, 3.05) is 18.1 Å². The molecule has 0 saturated heterocycles. The third-order valence-corrected chi connectivity index (χ3v) is 6.33. The number of amides is 1. The van der Waals surface area contributed by atoms with Gasteiger partial charge in [-0.25, -0.2) is 4.98 Å². The first-order chi connectivity index (χ1) is 12.6. The van der Waals surface area contributed by atoms with Crippen molar-refractivity contribution in [1.29, 1.82) is 0 Å². The first-order valence-electron chi connectivity index (χ1n) is 7.80. The van der Waals surface area contributed by atoms with Crippen LogP contribution < -0.4 is 9.64 Å². The Hall–Kier alpha value is -1.71. The van der Waals surface area contributed by atoms with Crippen LogP contribution in [0, 0.1) is 0 Å². The molecule has 3 aromatic rings. The minimum absolute atomic E-state index is 0.145. The summed E-state index contributed by atoms with van der Waals surface area (Å²) in [4.78, 5) is 21.6. The standard InChI is InChI=1S/C18H13ClIN3O2S/c1-2-14(24)23-7-8-25-13-4-3-10(9-12(13)23)15-16-11(19)5-6-21-17(16)22-18(15)26-20/h2-6,9H,1,7-8H2,(H,21,22). The van der Waals surface area contributed by atoms with E-state index in [1.165, 1.54) is 6.08 Å². The van der Waals surface area contributed by atoms with Crippen LogP contribution in [0.25, 0.3) is 22.2 Å². The lowest BCUT2D eigenvalue weighted by atomic mass is 10.0. The molecule has 1 N–H and O–H groups in total. The summed E-state index contributed by atoms with van der Waals surface area (Å²) in [5.41, 5.74) is 3.38. The summed E-state index contributed by atoms with van der Waals surface area (Å²) < 4.78 is 5.71. The van der Waals surface area contributed by atoms with Crippen molar-refractivity contribution in [1.82, 2.24) is 9.97 Å². The molecular formula is C18H13ClIN3O2S. The lowest BCUT2D eigenvalue weighted by molar-refractivity contribution is -0.114. The number of halogens is 2. The van der Waals surface area contributed by atoms with Crippen LogP contribution in [0.15, 0.2) is 48.1 Å². The molecule has 132 valence electrons. The molecule has 0 saturated carbocycles. The molecule has 1 aliphatic rings. The van der Waals surface area contributed by atoms with Gasteiger partial charge in [0.15, 0.2) is 0 Å². The number of fused-ring (bicyclic) bond motifs is 2. The molecule has 1 amide bonds. The Morgan fingerprint density at radius 3 is 3.08 bits per heavy atom. The summed E-state index contributed by atoms with van der Waals surface area (Å²) in [6.45, 7) is 4.55. The Morgan fingerprint density at radius 2 is 2.31 bits per heavy atom. The van der Waals surface area contributed by atoms with Crippen molar-refractivity contribution in [3.63, 3.8) is 0 Å². The van der Waals surface area contributed by atoms with Crippen LogP contribution in [0.1, 0.15) is 0 Å². The Balaban J connectivity index is 1.94. The monoisotopic (exact) mass is 497 g/mol. The third kappa shape index (κ3) is 2.87. The molecule has 0 radical (unpaired) electrons. The maximum Gasteiger partial charge on any atom is 0.250 e. The maximum atomic E-state index is 12.2. The van der Waals surface area contributed by atoms with Gasteiger partial charge in [-0.2, -0.15) is 0 Å². The highest BCUT2D eigenvalue weighted by Gasteiger charge is 2.24. The van der Waals surface area contributed by atoms with Crippen molar-refractivity contribution in [2.45, 2.75) is 5.03 Å². The van der Waals surface area contributed by atoms with Crippen LogP contribution in [0.2, 0.25) is 5.02 Å². The van der Waals surface area contributed by atoms with Gasteiger partial charge < -0.3 is 14.6 Å². The van der Waals surface area contributed by atoms with Gasteiger partial charge in [0, 0.05) is 38.4 Å². The van der Waals surface area contributed by atoms with Crippen molar-refractivity contribution in [3.8, 4) is 16.9 Å². The van der Waals surface area contributed by atoms with Gasteiger partial charge in [-0.1, -0.05) is 24.2 Å². The number of aromatic amines is 1. The normalized spacial score (nSPS) is 13.4. The van der Waals surface area contributed by atoms with E-state index < -0.39 is 0 Å². The highest BCUT2D eigenvalue weighted by Crippen LogP contribution is 2.44. The smallest absolute Gasteiger partial charge is 0.250 e. The van der Waals surface area contributed by atoms with E-state index >= 15 is 0 Å². The Labute approximate surface area is 171 Å². The van der Waals surface area contributed by atoms with E-state index in [2.05, 4.69) is 37.8 Å². The van der Waals surface area contributed by atoms with E-state index in [9.17, 15) is 4.79 Å². The molecule has 0 aliphatic carbocycles. The van der Waals surface area contributed by atoms with Crippen LogP contribution in [0.3, 0.4) is 0 Å². The first kappa shape index (κ1) is 17.7. The van der Waals surface area contributed by atoms with E-state index in [-0.39, 0.29) is 5.91 Å². The zero-order valence-electron chi connectivity index (χ0n) is 13.5. The predicted molar refractivity (Wildman–Crippen MR) is 114 cm³/mol. The minimum Gasteiger partial charge on any atom is -0.490 e. The van der Waals surface area contributed by atoms with Crippen LogP contribution in [0.4, 0.5) is 5.69 Å². The Bertz CT molecular complexity index is 1040. The van der Waals surface area contributed by atoms with Crippen LogP contribution in [-0.4, -0.2) is 29.0 Å². The number of hydrogen-bond donors (Lipinski definition) is 1. The molecule has 2 aromatic heterocycles. The van der Waals surface area contributed by atoms with Crippen LogP contribution >= 0.6 is 41.7 Å². The van der Waals surface area contributed by atoms with Gasteiger partial charge in [0.1, 0.15) is 18.0 Å². The fourth-order valence-electron chi connectivity index (χ4n) is 3.10. The molecule has 0 fully saturated rings. The molecule has 0 unspecified atom stereocenters. The number of H-pyrrole nitrogens is 1. The van der Waals surface area contributed by atoms with Crippen molar-refractivity contribution >= 4 is 64.4 Å². The van der Waals surface area contributed by atoms with E-state index in [1.54, 1.807) is 26.1 Å². The highest BCUT2D eigenvalue weighted by atomic mass is 127. The quantitative estimate of drug-likeness (QED) is 0.397. The molecule has 4 rings (SSSR count). The van der Waals surface area contributed by atoms with Crippen molar-refractivity contribution < 1.29 is 9.53 Å². The predicted octanol–water partition coefficient (Wildman–Crippen LogP) is 5.24. The first-order valence-corrected chi connectivity index (χ1v) is 11.5. The van der Waals surface area contributed by atoms with Gasteiger partial charge in [0.05, 0.1) is 22.3 Å². The fourth-order valence-corrected chi connectivity index (χ4v) is 4.76. The molecule has 1 aliphatic heterocycles. The third-order valence-electron chi connectivity index (χ3n) is 4.24. The molecule has 0 bridgehead atoms. The van der Waals surface area contributed by atoms with E-state index in [0.29, 0.717) is 23.9 Å². The summed E-state index contributed by atoms with van der Waals surface area (Å²) in [6, 6.07) is 7.59. The lowest BCUT2D eigenvalue weighted by Crippen LogP contribution is -2.36. The molecule has 5 nitrogen and oxygen atoms in total. The SMILES string of the molecule is C=CC(=O)N1CCOc2ccc(-c3c(SI)[nH]c4nccc(Cl)c34)cc21. The van der Waals surface area contributed by atoms with Gasteiger partial charge in [-0.15, -0.1) is 0 Å². The van der Waals surface area contributed by atoms with Gasteiger partial charge in [-0.3, -0.25) is 4.79 Å². The molecule has 3 heterocycles. The molecule has 8 heteroatoms. The second-order valence-electron chi connectivity index (χ2n) is 5.65. The van der Waals surface area contributed by atoms with Crippen LogP contribution in [-0.2, 0) is 4.79 Å². The minimum atomic E-state index is -0.145. The fraction of sp³-hybridized carbons (Fsp3) is 0.111. The number of hydrogen-bond acceptors (Lipinski definition) is 4. The summed E-state index contributed by atoms with van der Waals surface area (Å²) in [5, 5.41) is 2.46. The van der Waals surface area contributed by atoms with Crippen molar-refractivity contribution in [2.24, 2.45) is 0 Å². The number of aromatic nitrogens is 2. The number of nitrogens with zero attached hydrogens (tertiary/aromatic N) is 2. The number of ether oxygens (including phenoxy) is 1. The number of rotatable bonds is 3. The number of pyridine rings is 1. The number of nitrogens with one attached hydrogen (secondary N) is 1.